The second kappa shape index (κ2) is 8.29. The molecule has 1 unspecified atom stereocenters. The molecule has 1 heterocycles. The molecule has 0 saturated carbocycles. The topological polar surface area (TPSA) is 71.5 Å². The van der Waals surface area contributed by atoms with E-state index in [-0.39, 0.29) is 5.92 Å². The van der Waals surface area contributed by atoms with Crippen LogP contribution in [0.15, 0.2) is 48.8 Å². The summed E-state index contributed by atoms with van der Waals surface area (Å²) in [6.45, 7) is 4.33. The first kappa shape index (κ1) is 17.0. The van der Waals surface area contributed by atoms with Crippen LogP contribution >= 0.6 is 0 Å². The molecule has 0 aliphatic heterocycles. The van der Waals surface area contributed by atoms with E-state index in [1.54, 1.807) is 30.6 Å². The number of aliphatic hydroxyl groups is 1. The zero-order valence-electron chi connectivity index (χ0n) is 13.4. The molecule has 122 valence electrons. The Kier molecular flexibility index (Phi) is 6.11. The molecule has 0 spiro atoms. The third-order valence-electron chi connectivity index (χ3n) is 3.23. The molecule has 2 aromatic rings. The van der Waals surface area contributed by atoms with Crippen molar-refractivity contribution in [1.82, 2.24) is 4.98 Å². The molecule has 1 aromatic heterocycles. The van der Waals surface area contributed by atoms with Gasteiger partial charge in [-0.1, -0.05) is 26.0 Å². The number of benzene rings is 1. The number of aromatic nitrogens is 1. The standard InChI is InChI=1S/C18H22N2O3/c1-13(2)9-17(21)18(22)20-15-6-3-7-16(10-15)23-12-14-5-4-8-19-11-14/h3-8,10-11,13,17,21H,9,12H2,1-2H3,(H,20,22). The Hall–Kier alpha value is -2.40. The normalized spacial score (nSPS) is 12.0. The fraction of sp³-hybridized carbons (Fsp3) is 0.333. The molecule has 23 heavy (non-hydrogen) atoms. The summed E-state index contributed by atoms with van der Waals surface area (Å²) in [6.07, 6.45) is 2.88. The summed E-state index contributed by atoms with van der Waals surface area (Å²) in [4.78, 5) is 16.0. The van der Waals surface area contributed by atoms with Gasteiger partial charge in [0.1, 0.15) is 18.5 Å². The highest BCUT2D eigenvalue weighted by Crippen LogP contribution is 2.19. The molecule has 1 atom stereocenters. The molecule has 0 bridgehead atoms. The second-order valence-corrected chi connectivity index (χ2v) is 5.81. The summed E-state index contributed by atoms with van der Waals surface area (Å²) in [7, 11) is 0. The van der Waals surface area contributed by atoms with Gasteiger partial charge in [0.05, 0.1) is 0 Å². The van der Waals surface area contributed by atoms with E-state index in [4.69, 9.17) is 4.74 Å². The molecule has 0 fully saturated rings. The van der Waals surface area contributed by atoms with E-state index >= 15 is 0 Å². The Morgan fingerprint density at radius 2 is 2.13 bits per heavy atom. The van der Waals surface area contributed by atoms with Crippen molar-refractivity contribution in [3.05, 3.63) is 54.4 Å². The Labute approximate surface area is 136 Å². The van der Waals surface area contributed by atoms with E-state index in [9.17, 15) is 9.90 Å². The first-order valence-electron chi connectivity index (χ1n) is 7.65. The number of rotatable bonds is 7. The van der Waals surface area contributed by atoms with Crippen molar-refractivity contribution in [2.75, 3.05) is 5.32 Å². The van der Waals surface area contributed by atoms with Crippen LogP contribution in [0.4, 0.5) is 5.69 Å². The van der Waals surface area contributed by atoms with Gasteiger partial charge >= 0.3 is 0 Å². The van der Waals surface area contributed by atoms with Crippen LogP contribution in [0.1, 0.15) is 25.8 Å². The molecule has 2 rings (SSSR count). The van der Waals surface area contributed by atoms with Crippen LogP contribution in [0.2, 0.25) is 0 Å². The highest BCUT2D eigenvalue weighted by Gasteiger charge is 2.16. The summed E-state index contributed by atoms with van der Waals surface area (Å²) >= 11 is 0. The summed E-state index contributed by atoms with van der Waals surface area (Å²) in [5.74, 6) is 0.498. The highest BCUT2D eigenvalue weighted by atomic mass is 16.5. The lowest BCUT2D eigenvalue weighted by atomic mass is 10.1. The highest BCUT2D eigenvalue weighted by molar-refractivity contribution is 5.94. The quantitative estimate of drug-likeness (QED) is 0.824. The van der Waals surface area contributed by atoms with Gasteiger partial charge in [-0.15, -0.1) is 0 Å². The van der Waals surface area contributed by atoms with E-state index < -0.39 is 12.0 Å². The van der Waals surface area contributed by atoms with Gasteiger partial charge in [0.25, 0.3) is 5.91 Å². The van der Waals surface area contributed by atoms with Crippen molar-refractivity contribution in [3.8, 4) is 5.75 Å². The van der Waals surface area contributed by atoms with Gasteiger partial charge in [-0.3, -0.25) is 9.78 Å². The van der Waals surface area contributed by atoms with Crippen LogP contribution < -0.4 is 10.1 Å². The van der Waals surface area contributed by atoms with Gasteiger partial charge in [-0.05, 0) is 30.5 Å². The number of nitrogens with one attached hydrogen (secondary N) is 1. The van der Waals surface area contributed by atoms with Crippen molar-refractivity contribution in [3.63, 3.8) is 0 Å². The van der Waals surface area contributed by atoms with E-state index in [0.29, 0.717) is 24.5 Å². The van der Waals surface area contributed by atoms with E-state index in [2.05, 4.69) is 10.3 Å². The monoisotopic (exact) mass is 314 g/mol. The number of carbonyl (C=O) groups is 1. The molecule has 1 aromatic carbocycles. The van der Waals surface area contributed by atoms with E-state index in [1.165, 1.54) is 0 Å². The zero-order valence-corrected chi connectivity index (χ0v) is 13.4. The number of amides is 1. The average Bonchev–Trinajstić information content (AvgIpc) is 2.53. The lowest BCUT2D eigenvalue weighted by Gasteiger charge is -2.14. The van der Waals surface area contributed by atoms with Gasteiger partial charge in [0.2, 0.25) is 0 Å². The fourth-order valence-corrected chi connectivity index (χ4v) is 2.09. The van der Waals surface area contributed by atoms with Crippen molar-refractivity contribution < 1.29 is 14.6 Å². The predicted octanol–water partition coefficient (Wildman–Crippen LogP) is 3.01. The van der Waals surface area contributed by atoms with E-state index in [1.807, 2.05) is 32.0 Å². The lowest BCUT2D eigenvalue weighted by Crippen LogP contribution is -2.28. The van der Waals surface area contributed by atoms with Gasteiger partial charge in [-0.25, -0.2) is 0 Å². The van der Waals surface area contributed by atoms with Gasteiger partial charge < -0.3 is 15.2 Å². The van der Waals surface area contributed by atoms with Gasteiger partial charge in [0.15, 0.2) is 0 Å². The van der Waals surface area contributed by atoms with Crippen molar-refractivity contribution in [2.24, 2.45) is 5.92 Å². The second-order valence-electron chi connectivity index (χ2n) is 5.81. The van der Waals surface area contributed by atoms with Crippen LogP contribution in [0.3, 0.4) is 0 Å². The summed E-state index contributed by atoms with van der Waals surface area (Å²) in [6, 6.07) is 10.9. The molecule has 0 aliphatic rings. The van der Waals surface area contributed by atoms with Crippen LogP contribution in [0.5, 0.6) is 5.75 Å². The number of hydrogen-bond donors (Lipinski definition) is 2. The Morgan fingerprint density at radius 1 is 1.30 bits per heavy atom. The third-order valence-corrected chi connectivity index (χ3v) is 3.23. The Balaban J connectivity index is 1.93. The minimum absolute atomic E-state index is 0.255. The largest absolute Gasteiger partial charge is 0.489 e. The molecule has 0 aliphatic carbocycles. The lowest BCUT2D eigenvalue weighted by molar-refractivity contribution is -0.124. The smallest absolute Gasteiger partial charge is 0.253 e. The minimum atomic E-state index is -1.00. The SMILES string of the molecule is CC(C)CC(O)C(=O)Nc1cccc(OCc2cccnc2)c1. The number of anilines is 1. The Morgan fingerprint density at radius 3 is 2.83 bits per heavy atom. The molecule has 1 amide bonds. The summed E-state index contributed by atoms with van der Waals surface area (Å²) < 4.78 is 5.69. The first-order chi connectivity index (χ1) is 11.0. The average molecular weight is 314 g/mol. The maximum atomic E-state index is 11.9. The van der Waals surface area contributed by atoms with Gasteiger partial charge in [-0.2, -0.15) is 0 Å². The number of pyridine rings is 1. The zero-order chi connectivity index (χ0) is 16.7. The third kappa shape index (κ3) is 5.71. The molecule has 5 nitrogen and oxygen atoms in total. The number of carbonyl (C=O) groups excluding carboxylic acids is 1. The first-order valence-corrected chi connectivity index (χ1v) is 7.65. The van der Waals surface area contributed by atoms with Crippen molar-refractivity contribution in [1.29, 1.82) is 0 Å². The molecular weight excluding hydrogens is 292 g/mol. The molecule has 2 N–H and O–H groups in total. The Bertz CT molecular complexity index is 629. The maximum absolute atomic E-state index is 11.9. The molecule has 5 heteroatoms. The summed E-state index contributed by atoms with van der Waals surface area (Å²) in [5.41, 5.74) is 1.57. The van der Waals surface area contributed by atoms with Crippen LogP contribution in [0.25, 0.3) is 0 Å². The molecular formula is C18H22N2O3. The van der Waals surface area contributed by atoms with Crippen LogP contribution in [-0.2, 0) is 11.4 Å². The van der Waals surface area contributed by atoms with Crippen molar-refractivity contribution >= 4 is 11.6 Å². The minimum Gasteiger partial charge on any atom is -0.489 e. The van der Waals surface area contributed by atoms with Crippen LogP contribution in [-0.4, -0.2) is 22.1 Å². The predicted molar refractivity (Wildman–Crippen MR) is 89.1 cm³/mol. The number of aliphatic hydroxyl groups excluding tert-OH is 1. The maximum Gasteiger partial charge on any atom is 0.253 e. The number of hydrogen-bond acceptors (Lipinski definition) is 4. The molecule has 0 saturated heterocycles. The van der Waals surface area contributed by atoms with E-state index in [0.717, 1.165) is 5.56 Å². The fourth-order valence-electron chi connectivity index (χ4n) is 2.09. The van der Waals surface area contributed by atoms with Crippen molar-refractivity contribution in [2.45, 2.75) is 33.0 Å². The molecule has 0 radical (unpaired) electrons. The van der Waals surface area contributed by atoms with Gasteiger partial charge in [0, 0.05) is 29.7 Å². The number of ether oxygens (including phenoxy) is 1. The number of nitrogens with zero attached hydrogens (tertiary/aromatic N) is 1. The van der Waals surface area contributed by atoms with Crippen LogP contribution in [0, 0.1) is 5.92 Å². The summed E-state index contributed by atoms with van der Waals surface area (Å²) in [5, 5.41) is 12.5.